The minimum Gasteiger partial charge on any atom is -1.00 e. The normalized spacial score (nSPS) is 23.0. The van der Waals surface area contributed by atoms with Crippen molar-refractivity contribution in [1.82, 2.24) is 4.98 Å². The van der Waals surface area contributed by atoms with Crippen molar-refractivity contribution in [1.29, 1.82) is 0 Å². The van der Waals surface area contributed by atoms with Crippen LogP contribution in [0.4, 0.5) is 0 Å². The Labute approximate surface area is 192 Å². The van der Waals surface area contributed by atoms with Gasteiger partial charge in [0.1, 0.15) is 23.5 Å². The van der Waals surface area contributed by atoms with Gasteiger partial charge in [-0.05, 0) is 37.1 Å². The molecule has 1 radical (unpaired) electrons. The Morgan fingerprint density at radius 3 is 1.59 bits per heavy atom. The molecule has 149 valence electrons. The van der Waals surface area contributed by atoms with Crippen molar-refractivity contribution in [2.24, 2.45) is 20.0 Å². The molecule has 2 unspecified atom stereocenters. The monoisotopic (exact) mass is 468 g/mol. The number of hydrogen-bond donors (Lipinski definition) is 0. The van der Waals surface area contributed by atoms with E-state index in [1.807, 2.05) is 30.4 Å². The van der Waals surface area contributed by atoms with E-state index in [4.69, 9.17) is 25.0 Å². The molecule has 0 fully saturated rings. The molecule has 0 amide bonds. The van der Waals surface area contributed by atoms with Crippen molar-refractivity contribution < 1.29 is 41.6 Å². The van der Waals surface area contributed by atoms with Gasteiger partial charge in [-0.2, -0.15) is 0 Å². The largest absolute Gasteiger partial charge is 2.00 e. The first-order valence-corrected chi connectivity index (χ1v) is 8.70. The molecular weight excluding hydrogens is 452 g/mol. The summed E-state index contributed by atoms with van der Waals surface area (Å²) in [5.41, 5.74) is 5.82. The summed E-state index contributed by atoms with van der Waals surface area (Å²) in [6.07, 6.45) is 12.3. The summed E-state index contributed by atoms with van der Waals surface area (Å²) in [5.74, 6) is 1.34. The van der Waals surface area contributed by atoms with Gasteiger partial charge in [0.15, 0.2) is 11.7 Å². The number of pyridine rings is 1. The molecular formula is C21H17Cl2CoN5. The van der Waals surface area contributed by atoms with Gasteiger partial charge in [0.2, 0.25) is 0 Å². The molecule has 0 saturated carbocycles. The maximum Gasteiger partial charge on any atom is 2.00 e. The Bertz CT molecular complexity index is 995. The van der Waals surface area contributed by atoms with Crippen LogP contribution >= 0.6 is 0 Å². The fourth-order valence-corrected chi connectivity index (χ4v) is 3.43. The molecule has 1 aromatic rings. The molecule has 2 atom stereocenters. The third-order valence-electron chi connectivity index (χ3n) is 4.83. The number of aliphatic imine (C=N–C) groups is 4. The minimum absolute atomic E-state index is 0. The van der Waals surface area contributed by atoms with E-state index in [1.54, 1.807) is 0 Å². The standard InChI is InChI=1S/C21H17N5.2ClH.Co/c1-12-6-3-8-14-18(12)25-20(23-14)16-10-5-11-17(22-16)21-24-15-9-4-7-13(2)19(15)26-21;;;/h3-11,14-15H,1-2H3;2*1H;/q;;;+2/p-2. The number of halogens is 2. The van der Waals surface area contributed by atoms with Crippen LogP contribution in [0.25, 0.3) is 0 Å². The van der Waals surface area contributed by atoms with Crippen LogP contribution in [-0.4, -0.2) is 40.2 Å². The smallest absolute Gasteiger partial charge is 1.00 e. The molecule has 0 bridgehead atoms. The van der Waals surface area contributed by atoms with Gasteiger partial charge in [0, 0.05) is 0 Å². The number of allylic oxidation sites excluding steroid dienone is 4. The van der Waals surface area contributed by atoms with Crippen molar-refractivity contribution in [3.8, 4) is 0 Å². The molecule has 1 aromatic heterocycles. The van der Waals surface area contributed by atoms with E-state index >= 15 is 0 Å². The average molecular weight is 469 g/mol. The van der Waals surface area contributed by atoms with Gasteiger partial charge >= 0.3 is 16.8 Å². The van der Waals surface area contributed by atoms with Gasteiger partial charge in [-0.25, -0.2) is 15.0 Å². The molecule has 29 heavy (non-hydrogen) atoms. The molecule has 2 aliphatic carbocycles. The van der Waals surface area contributed by atoms with Gasteiger partial charge in [-0.3, -0.25) is 9.98 Å². The molecule has 4 aliphatic rings. The quantitative estimate of drug-likeness (QED) is 0.464. The summed E-state index contributed by atoms with van der Waals surface area (Å²) in [4.78, 5) is 23.6. The Morgan fingerprint density at radius 2 is 1.17 bits per heavy atom. The van der Waals surface area contributed by atoms with Crippen LogP contribution in [-0.2, 0) is 16.8 Å². The van der Waals surface area contributed by atoms with E-state index in [-0.39, 0.29) is 53.7 Å². The Hall–Kier alpha value is -2.12. The average Bonchev–Trinajstić information content (AvgIpc) is 3.28. The van der Waals surface area contributed by atoms with Crippen LogP contribution in [0.2, 0.25) is 0 Å². The molecule has 2 aliphatic heterocycles. The topological polar surface area (TPSA) is 62.3 Å². The van der Waals surface area contributed by atoms with Crippen molar-refractivity contribution in [2.75, 3.05) is 0 Å². The SMILES string of the molecule is CC1=CC=CC2N=C(c3cccc(C4=NC5C=CC=C(C)C5=N4)n3)N=C12.[Cl-].[Cl-].[Co+2]. The molecule has 5 nitrogen and oxygen atoms in total. The maximum atomic E-state index is 4.74. The van der Waals surface area contributed by atoms with E-state index in [0.29, 0.717) is 11.7 Å². The zero-order valence-corrected chi connectivity index (χ0v) is 18.2. The third kappa shape index (κ3) is 4.11. The Balaban J connectivity index is 0.000001000. The fraction of sp³-hybridized carbons (Fsp3) is 0.190. The van der Waals surface area contributed by atoms with Gasteiger partial charge in [0.05, 0.1) is 11.4 Å². The van der Waals surface area contributed by atoms with Crippen LogP contribution in [0, 0.1) is 0 Å². The first kappa shape index (κ1) is 23.2. The molecule has 8 heteroatoms. The summed E-state index contributed by atoms with van der Waals surface area (Å²) in [7, 11) is 0. The second-order valence-electron chi connectivity index (χ2n) is 6.67. The Kier molecular flexibility index (Phi) is 7.29. The van der Waals surface area contributed by atoms with E-state index in [1.165, 1.54) is 0 Å². The first-order valence-electron chi connectivity index (χ1n) is 8.70. The van der Waals surface area contributed by atoms with Crippen molar-refractivity contribution in [2.45, 2.75) is 25.9 Å². The molecule has 3 heterocycles. The van der Waals surface area contributed by atoms with Crippen LogP contribution in [0.5, 0.6) is 0 Å². The van der Waals surface area contributed by atoms with Crippen molar-refractivity contribution in [3.63, 3.8) is 0 Å². The van der Waals surface area contributed by atoms with Gasteiger partial charge < -0.3 is 24.8 Å². The minimum atomic E-state index is 0. The summed E-state index contributed by atoms with van der Waals surface area (Å²) in [5, 5.41) is 0. The number of nitrogens with zero attached hydrogens (tertiary/aromatic N) is 5. The number of rotatable bonds is 2. The van der Waals surface area contributed by atoms with Crippen LogP contribution < -0.4 is 24.8 Å². The van der Waals surface area contributed by atoms with Crippen LogP contribution in [0.3, 0.4) is 0 Å². The van der Waals surface area contributed by atoms with E-state index in [9.17, 15) is 0 Å². The summed E-state index contributed by atoms with van der Waals surface area (Å²) in [6.45, 7) is 4.12. The van der Waals surface area contributed by atoms with Crippen molar-refractivity contribution in [3.05, 3.63) is 77.2 Å². The first-order chi connectivity index (χ1) is 12.7. The van der Waals surface area contributed by atoms with Gasteiger partial charge in [-0.15, -0.1) is 0 Å². The number of aromatic nitrogens is 1. The molecule has 0 saturated heterocycles. The fourth-order valence-electron chi connectivity index (χ4n) is 3.43. The number of amidine groups is 2. The summed E-state index contributed by atoms with van der Waals surface area (Å²) in [6, 6.07) is 5.85. The Morgan fingerprint density at radius 1 is 0.724 bits per heavy atom. The zero-order chi connectivity index (χ0) is 17.7. The van der Waals surface area contributed by atoms with E-state index in [0.717, 1.165) is 34.0 Å². The third-order valence-corrected chi connectivity index (χ3v) is 4.83. The second-order valence-corrected chi connectivity index (χ2v) is 6.67. The van der Waals surface area contributed by atoms with Gasteiger partial charge in [0.25, 0.3) is 0 Å². The molecule has 0 spiro atoms. The van der Waals surface area contributed by atoms with Crippen LogP contribution in [0.15, 0.2) is 85.8 Å². The molecule has 0 aromatic carbocycles. The summed E-state index contributed by atoms with van der Waals surface area (Å²) < 4.78 is 0. The summed E-state index contributed by atoms with van der Waals surface area (Å²) >= 11 is 0. The van der Waals surface area contributed by atoms with Crippen LogP contribution in [0.1, 0.15) is 25.2 Å². The van der Waals surface area contributed by atoms with E-state index in [2.05, 4.69) is 38.2 Å². The van der Waals surface area contributed by atoms with Crippen molar-refractivity contribution >= 4 is 23.1 Å². The number of hydrogen-bond acceptors (Lipinski definition) is 5. The number of fused-ring (bicyclic) bond motifs is 2. The van der Waals surface area contributed by atoms with Gasteiger partial charge in [-0.1, -0.05) is 42.5 Å². The molecule has 0 N–H and O–H groups in total. The molecule has 5 rings (SSSR count). The zero-order valence-electron chi connectivity index (χ0n) is 15.7. The predicted octanol–water partition coefficient (Wildman–Crippen LogP) is -2.74. The maximum absolute atomic E-state index is 4.74. The second kappa shape index (κ2) is 9.13. The predicted molar refractivity (Wildman–Crippen MR) is 106 cm³/mol. The van der Waals surface area contributed by atoms with E-state index < -0.39 is 0 Å².